The second-order valence-electron chi connectivity index (χ2n) is 6.63. The van der Waals surface area contributed by atoms with Crippen LogP contribution in [-0.2, 0) is 4.79 Å². The van der Waals surface area contributed by atoms with Crippen molar-refractivity contribution in [3.8, 4) is 5.69 Å². The minimum atomic E-state index is -0.708. The van der Waals surface area contributed by atoms with Gasteiger partial charge in [0.15, 0.2) is 5.69 Å². The summed E-state index contributed by atoms with van der Waals surface area (Å²) in [7, 11) is 0. The SMILES string of the molecule is O=C(O)C1CC12CCN(C(=O)c1cn(-c3ccccc3)nn1)CC2. The van der Waals surface area contributed by atoms with Crippen molar-refractivity contribution in [2.24, 2.45) is 11.3 Å². The lowest BCUT2D eigenvalue weighted by Crippen LogP contribution is -2.40. The molecule has 7 nitrogen and oxygen atoms in total. The van der Waals surface area contributed by atoms with E-state index in [1.165, 1.54) is 0 Å². The lowest BCUT2D eigenvalue weighted by molar-refractivity contribution is -0.139. The molecule has 1 amide bonds. The first kappa shape index (κ1) is 14.9. The Balaban J connectivity index is 1.43. The minimum absolute atomic E-state index is 0.0791. The summed E-state index contributed by atoms with van der Waals surface area (Å²) in [6.07, 6.45) is 3.89. The Bertz CT molecular complexity index is 778. The molecule has 0 radical (unpaired) electrons. The van der Waals surface area contributed by atoms with E-state index in [2.05, 4.69) is 10.3 Å². The molecule has 1 unspecified atom stereocenters. The van der Waals surface area contributed by atoms with Crippen LogP contribution in [0.5, 0.6) is 0 Å². The summed E-state index contributed by atoms with van der Waals surface area (Å²) < 4.78 is 1.58. The zero-order chi connectivity index (χ0) is 16.7. The van der Waals surface area contributed by atoms with Gasteiger partial charge in [0.25, 0.3) is 5.91 Å². The van der Waals surface area contributed by atoms with Crippen LogP contribution >= 0.6 is 0 Å². The van der Waals surface area contributed by atoms with Gasteiger partial charge in [-0.3, -0.25) is 9.59 Å². The van der Waals surface area contributed by atoms with Crippen molar-refractivity contribution in [2.75, 3.05) is 13.1 Å². The van der Waals surface area contributed by atoms with Gasteiger partial charge in [-0.1, -0.05) is 23.4 Å². The Morgan fingerprint density at radius 1 is 1.17 bits per heavy atom. The molecule has 1 atom stereocenters. The van der Waals surface area contributed by atoms with E-state index in [1.807, 2.05) is 30.3 Å². The molecule has 0 bridgehead atoms. The number of amides is 1. The van der Waals surface area contributed by atoms with E-state index in [9.17, 15) is 9.59 Å². The number of carbonyl (C=O) groups excluding carboxylic acids is 1. The smallest absolute Gasteiger partial charge is 0.307 e. The van der Waals surface area contributed by atoms with Crippen molar-refractivity contribution < 1.29 is 14.7 Å². The molecule has 1 spiro atoms. The van der Waals surface area contributed by atoms with Crippen LogP contribution in [0.15, 0.2) is 36.5 Å². The van der Waals surface area contributed by atoms with E-state index in [0.29, 0.717) is 18.8 Å². The Labute approximate surface area is 138 Å². The van der Waals surface area contributed by atoms with Gasteiger partial charge in [-0.15, -0.1) is 5.10 Å². The molecule has 1 aliphatic heterocycles. The van der Waals surface area contributed by atoms with Crippen LogP contribution in [0, 0.1) is 11.3 Å². The average Bonchev–Trinajstić information content (AvgIpc) is 3.09. The number of aliphatic carboxylic acids is 1. The maximum Gasteiger partial charge on any atom is 0.307 e. The van der Waals surface area contributed by atoms with Gasteiger partial charge >= 0.3 is 5.97 Å². The lowest BCUT2D eigenvalue weighted by atomic mass is 9.90. The third-order valence-corrected chi connectivity index (χ3v) is 5.27. The number of carboxylic acids is 1. The highest BCUT2D eigenvalue weighted by Crippen LogP contribution is 2.59. The fourth-order valence-corrected chi connectivity index (χ4v) is 3.64. The topological polar surface area (TPSA) is 88.3 Å². The number of rotatable bonds is 3. The summed E-state index contributed by atoms with van der Waals surface area (Å²) in [6.45, 7) is 1.17. The zero-order valence-electron chi connectivity index (χ0n) is 13.1. The van der Waals surface area contributed by atoms with Gasteiger partial charge in [-0.2, -0.15) is 0 Å². The molecule has 1 saturated heterocycles. The monoisotopic (exact) mass is 326 g/mol. The number of benzene rings is 1. The maximum atomic E-state index is 12.6. The number of hydrogen-bond acceptors (Lipinski definition) is 4. The van der Waals surface area contributed by atoms with Gasteiger partial charge in [0, 0.05) is 13.1 Å². The minimum Gasteiger partial charge on any atom is -0.481 e. The second-order valence-corrected chi connectivity index (χ2v) is 6.63. The van der Waals surface area contributed by atoms with Crippen molar-refractivity contribution in [1.29, 1.82) is 0 Å². The first-order valence-corrected chi connectivity index (χ1v) is 8.09. The van der Waals surface area contributed by atoms with E-state index in [-0.39, 0.29) is 17.2 Å². The standard InChI is InChI=1S/C17H18N4O3/c22-15(14-11-21(19-18-14)12-4-2-1-3-5-12)20-8-6-17(7-9-20)10-13(17)16(23)24/h1-5,11,13H,6-10H2,(H,23,24). The van der Waals surface area contributed by atoms with Crippen LogP contribution in [0.1, 0.15) is 29.8 Å². The highest BCUT2D eigenvalue weighted by molar-refractivity contribution is 5.92. The first-order chi connectivity index (χ1) is 11.6. The Morgan fingerprint density at radius 3 is 2.50 bits per heavy atom. The summed E-state index contributed by atoms with van der Waals surface area (Å²) in [5.41, 5.74) is 1.09. The summed E-state index contributed by atoms with van der Waals surface area (Å²) in [4.78, 5) is 25.4. The third kappa shape index (κ3) is 2.46. The predicted molar refractivity (Wildman–Crippen MR) is 84.7 cm³/mol. The molecule has 1 N–H and O–H groups in total. The second kappa shape index (κ2) is 5.43. The van der Waals surface area contributed by atoms with E-state index in [1.54, 1.807) is 15.8 Å². The van der Waals surface area contributed by atoms with E-state index >= 15 is 0 Å². The molecule has 1 saturated carbocycles. The molecular formula is C17H18N4O3. The quantitative estimate of drug-likeness (QED) is 0.925. The molecule has 2 aliphatic rings. The van der Waals surface area contributed by atoms with E-state index in [4.69, 9.17) is 5.11 Å². The average molecular weight is 326 g/mol. The highest BCUT2D eigenvalue weighted by Gasteiger charge is 2.59. The molecule has 7 heteroatoms. The molecule has 4 rings (SSSR count). The van der Waals surface area contributed by atoms with E-state index in [0.717, 1.165) is 24.9 Å². The molecular weight excluding hydrogens is 308 g/mol. The van der Waals surface area contributed by atoms with Gasteiger partial charge in [-0.05, 0) is 36.8 Å². The molecule has 2 heterocycles. The van der Waals surface area contributed by atoms with Gasteiger partial charge in [-0.25, -0.2) is 4.68 Å². The third-order valence-electron chi connectivity index (χ3n) is 5.27. The molecule has 1 aromatic heterocycles. The summed E-state index contributed by atoms with van der Waals surface area (Å²) in [5, 5.41) is 17.1. The number of carboxylic acid groups (broad SMARTS) is 1. The fraction of sp³-hybridized carbons (Fsp3) is 0.412. The highest BCUT2D eigenvalue weighted by atomic mass is 16.4. The molecule has 24 heavy (non-hydrogen) atoms. The van der Waals surface area contributed by atoms with Crippen LogP contribution in [0.2, 0.25) is 0 Å². The van der Waals surface area contributed by atoms with Crippen LogP contribution < -0.4 is 0 Å². The number of para-hydroxylation sites is 1. The Kier molecular flexibility index (Phi) is 3.37. The molecule has 124 valence electrons. The van der Waals surface area contributed by atoms with Crippen molar-refractivity contribution in [3.05, 3.63) is 42.2 Å². The predicted octanol–water partition coefficient (Wildman–Crippen LogP) is 1.59. The zero-order valence-corrected chi connectivity index (χ0v) is 13.1. The number of nitrogens with zero attached hydrogens (tertiary/aromatic N) is 4. The number of hydrogen-bond donors (Lipinski definition) is 1. The van der Waals surface area contributed by atoms with Crippen LogP contribution in [0.4, 0.5) is 0 Å². The number of aromatic nitrogens is 3. The molecule has 1 aromatic carbocycles. The summed E-state index contributed by atoms with van der Waals surface area (Å²) in [6, 6.07) is 9.51. The normalized spacial score (nSPS) is 21.7. The molecule has 2 fully saturated rings. The van der Waals surface area contributed by atoms with Crippen molar-refractivity contribution in [1.82, 2.24) is 19.9 Å². The summed E-state index contributed by atoms with van der Waals surface area (Å²) in [5.74, 6) is -1.08. The van der Waals surface area contributed by atoms with Gasteiger partial charge < -0.3 is 10.0 Å². The lowest BCUT2D eigenvalue weighted by Gasteiger charge is -2.32. The van der Waals surface area contributed by atoms with Crippen LogP contribution in [-0.4, -0.2) is 50.0 Å². The summed E-state index contributed by atoms with van der Waals surface area (Å²) >= 11 is 0. The molecule has 1 aliphatic carbocycles. The van der Waals surface area contributed by atoms with Gasteiger partial charge in [0.2, 0.25) is 0 Å². The van der Waals surface area contributed by atoms with Crippen molar-refractivity contribution >= 4 is 11.9 Å². The van der Waals surface area contributed by atoms with E-state index < -0.39 is 5.97 Å². The number of piperidine rings is 1. The number of carbonyl (C=O) groups is 2. The molecule has 2 aromatic rings. The Hall–Kier alpha value is -2.70. The number of likely N-dealkylation sites (tertiary alicyclic amines) is 1. The van der Waals surface area contributed by atoms with Crippen LogP contribution in [0.25, 0.3) is 5.69 Å². The largest absolute Gasteiger partial charge is 0.481 e. The van der Waals surface area contributed by atoms with Gasteiger partial charge in [0.05, 0.1) is 17.8 Å². The van der Waals surface area contributed by atoms with Crippen molar-refractivity contribution in [2.45, 2.75) is 19.3 Å². The first-order valence-electron chi connectivity index (χ1n) is 8.09. The fourth-order valence-electron chi connectivity index (χ4n) is 3.64. The van der Waals surface area contributed by atoms with Crippen LogP contribution in [0.3, 0.4) is 0 Å². The maximum absolute atomic E-state index is 12.6. The Morgan fingerprint density at radius 2 is 1.88 bits per heavy atom. The van der Waals surface area contributed by atoms with Crippen molar-refractivity contribution in [3.63, 3.8) is 0 Å². The van der Waals surface area contributed by atoms with Gasteiger partial charge in [0.1, 0.15) is 0 Å².